The molecule has 4 amide bonds. The third-order valence-electron chi connectivity index (χ3n) is 9.02. The van der Waals surface area contributed by atoms with E-state index in [1.54, 1.807) is 18.2 Å². The molecule has 4 aromatic rings. The number of nitrogens with zero attached hydrogens (tertiary/aromatic N) is 6. The third kappa shape index (κ3) is 6.30. The average Bonchev–Trinajstić information content (AvgIpc) is 3.66. The molecule has 2 aromatic heterocycles. The molecule has 1 atom stereocenters. The highest BCUT2D eigenvalue weighted by Gasteiger charge is 2.44. The second-order valence-corrected chi connectivity index (χ2v) is 12.2. The molecule has 0 aliphatic carbocycles. The number of hydrogen-bond donors (Lipinski definition) is 3. The largest absolute Gasteiger partial charge is 0.385 e. The first-order valence-electron chi connectivity index (χ1n) is 16.3. The molecular weight excluding hydrogens is 598 g/mol. The van der Waals surface area contributed by atoms with Crippen LogP contribution in [0.1, 0.15) is 59.2 Å². The van der Waals surface area contributed by atoms with Gasteiger partial charge in [-0.3, -0.25) is 39.1 Å². The van der Waals surface area contributed by atoms with E-state index in [-0.39, 0.29) is 24.0 Å². The van der Waals surface area contributed by atoms with Gasteiger partial charge in [0.2, 0.25) is 11.8 Å². The minimum absolute atomic E-state index is 0.0956. The summed E-state index contributed by atoms with van der Waals surface area (Å²) >= 11 is 0. The summed E-state index contributed by atoms with van der Waals surface area (Å²) in [5.74, 6) is -2.00. The maximum atomic E-state index is 13.1. The van der Waals surface area contributed by atoms with Crippen LogP contribution in [-0.2, 0) is 16.1 Å². The molecule has 2 aromatic carbocycles. The van der Waals surface area contributed by atoms with Crippen molar-refractivity contribution in [3.05, 3.63) is 66.1 Å². The van der Waals surface area contributed by atoms with Crippen LogP contribution in [0, 0.1) is 0 Å². The van der Waals surface area contributed by atoms with Crippen LogP contribution in [0.25, 0.3) is 22.3 Å². The van der Waals surface area contributed by atoms with Gasteiger partial charge in [0.15, 0.2) is 0 Å². The predicted octanol–water partition coefficient (Wildman–Crippen LogP) is 2.98. The first-order chi connectivity index (χ1) is 23.0. The van der Waals surface area contributed by atoms with Gasteiger partial charge in [0.25, 0.3) is 11.8 Å². The number of carbonyl (C=O) groups excluding carboxylic acids is 4. The van der Waals surface area contributed by atoms with E-state index < -0.39 is 29.7 Å². The van der Waals surface area contributed by atoms with Gasteiger partial charge in [0.1, 0.15) is 11.6 Å². The Morgan fingerprint density at radius 2 is 1.74 bits per heavy atom. The Labute approximate surface area is 271 Å². The van der Waals surface area contributed by atoms with E-state index in [1.807, 2.05) is 35.4 Å². The number of fused-ring (bicyclic) bond motifs is 2. The highest BCUT2D eigenvalue weighted by atomic mass is 16.2. The molecule has 3 N–H and O–H groups in total. The van der Waals surface area contributed by atoms with E-state index in [2.05, 4.69) is 32.0 Å². The number of anilines is 2. The van der Waals surface area contributed by atoms with Crippen molar-refractivity contribution in [2.75, 3.05) is 42.9 Å². The topological polar surface area (TPSA) is 154 Å². The summed E-state index contributed by atoms with van der Waals surface area (Å²) in [6, 6.07) is 10.3. The van der Waals surface area contributed by atoms with Crippen LogP contribution in [0.15, 0.2) is 55.0 Å². The second-order valence-electron chi connectivity index (χ2n) is 12.2. The van der Waals surface area contributed by atoms with Crippen LogP contribution in [-0.4, -0.2) is 87.0 Å². The van der Waals surface area contributed by atoms with Gasteiger partial charge in [-0.15, -0.1) is 0 Å². The van der Waals surface area contributed by atoms with Crippen molar-refractivity contribution < 1.29 is 19.2 Å². The molecule has 0 radical (unpaired) electrons. The predicted molar refractivity (Wildman–Crippen MR) is 176 cm³/mol. The lowest BCUT2D eigenvalue weighted by Gasteiger charge is -2.29. The quantitative estimate of drug-likeness (QED) is 0.166. The van der Waals surface area contributed by atoms with Crippen LogP contribution in [0.2, 0.25) is 0 Å². The van der Waals surface area contributed by atoms with Crippen molar-refractivity contribution in [2.45, 2.75) is 51.1 Å². The number of amides is 4. The van der Waals surface area contributed by atoms with Crippen LogP contribution in [0.5, 0.6) is 0 Å². The number of carbonyl (C=O) groups is 4. The Kier molecular flexibility index (Phi) is 8.62. The standard InChI is InChI=1S/C34H37N9O4/c44-30-11-10-29(32(45)40-30)43-33(46)24-9-8-23(18-25(24)34(43)47)36-12-3-1-2-4-15-42-21-22(19-38-42)27-20-37-26-6-5-7-28(31(26)39-27)41-16-13-35-14-17-41/h5-9,18-21,29,35-36H,1-4,10-17H2,(H,40,44,45). The number of unbranched alkanes of at least 4 members (excludes halogenated alkanes) is 3. The van der Waals surface area contributed by atoms with Crippen molar-refractivity contribution in [1.29, 1.82) is 0 Å². The molecule has 1 unspecified atom stereocenters. The molecule has 13 heteroatoms. The number of nitrogens with one attached hydrogen (secondary N) is 3. The smallest absolute Gasteiger partial charge is 0.262 e. The SMILES string of the molecule is O=C1CCC(N2C(=O)c3ccc(NCCCCCCn4cc(-c5cnc6cccc(N7CCNCC7)c6n5)cn4)cc3C2=O)C(=O)N1. The molecule has 7 rings (SSSR count). The summed E-state index contributed by atoms with van der Waals surface area (Å²) in [6.45, 7) is 5.35. The van der Waals surface area contributed by atoms with Crippen molar-refractivity contribution >= 4 is 46.0 Å². The summed E-state index contributed by atoms with van der Waals surface area (Å²) in [4.78, 5) is 62.8. The van der Waals surface area contributed by atoms with E-state index in [0.29, 0.717) is 0 Å². The number of para-hydroxylation sites is 1. The fraction of sp³-hybridized carbons (Fsp3) is 0.382. The van der Waals surface area contributed by atoms with Crippen LogP contribution >= 0.6 is 0 Å². The zero-order valence-corrected chi connectivity index (χ0v) is 26.1. The Morgan fingerprint density at radius 3 is 2.60 bits per heavy atom. The van der Waals surface area contributed by atoms with Gasteiger partial charge in [0.05, 0.1) is 40.4 Å². The summed E-state index contributed by atoms with van der Waals surface area (Å²) in [7, 11) is 0. The zero-order chi connectivity index (χ0) is 32.3. The number of imide groups is 2. The van der Waals surface area contributed by atoms with Gasteiger partial charge >= 0.3 is 0 Å². The third-order valence-corrected chi connectivity index (χ3v) is 9.02. The van der Waals surface area contributed by atoms with E-state index in [9.17, 15) is 19.2 Å². The number of benzene rings is 2. The molecule has 0 saturated carbocycles. The maximum absolute atomic E-state index is 13.1. The van der Waals surface area contributed by atoms with E-state index in [4.69, 9.17) is 9.97 Å². The van der Waals surface area contributed by atoms with E-state index in [0.717, 1.165) is 104 Å². The summed E-state index contributed by atoms with van der Waals surface area (Å²) in [5, 5.41) is 13.5. The van der Waals surface area contributed by atoms with Crippen molar-refractivity contribution in [3.8, 4) is 11.3 Å². The summed E-state index contributed by atoms with van der Waals surface area (Å²) < 4.78 is 1.96. The summed E-state index contributed by atoms with van der Waals surface area (Å²) in [6.07, 6.45) is 9.94. The first kappa shape index (κ1) is 30.5. The normalized spacial score (nSPS) is 18.2. The van der Waals surface area contributed by atoms with Gasteiger partial charge in [-0.2, -0.15) is 5.10 Å². The Hall–Kier alpha value is -5.17. The average molecular weight is 636 g/mol. The number of hydrogen-bond acceptors (Lipinski definition) is 10. The molecule has 5 heterocycles. The summed E-state index contributed by atoms with van der Waals surface area (Å²) in [5.41, 5.74) is 6.00. The lowest BCUT2D eigenvalue weighted by atomic mass is 10.0. The number of piperazine rings is 1. The Bertz CT molecular complexity index is 1850. The molecule has 2 fully saturated rings. The molecular formula is C34H37N9O4. The number of rotatable bonds is 11. The fourth-order valence-corrected chi connectivity index (χ4v) is 6.50. The zero-order valence-electron chi connectivity index (χ0n) is 26.1. The minimum Gasteiger partial charge on any atom is -0.385 e. The molecule has 13 nitrogen and oxygen atoms in total. The minimum atomic E-state index is -0.965. The van der Waals surface area contributed by atoms with Crippen LogP contribution in [0.4, 0.5) is 11.4 Å². The first-order valence-corrected chi connectivity index (χ1v) is 16.3. The number of piperidine rings is 1. The fourth-order valence-electron chi connectivity index (χ4n) is 6.50. The van der Waals surface area contributed by atoms with Gasteiger partial charge in [-0.05, 0) is 49.6 Å². The lowest BCUT2D eigenvalue weighted by molar-refractivity contribution is -0.136. The van der Waals surface area contributed by atoms with Gasteiger partial charge in [-0.1, -0.05) is 18.9 Å². The van der Waals surface area contributed by atoms with Crippen molar-refractivity contribution in [2.24, 2.45) is 0 Å². The van der Waals surface area contributed by atoms with Crippen LogP contribution in [0.3, 0.4) is 0 Å². The highest BCUT2D eigenvalue weighted by molar-refractivity contribution is 6.23. The van der Waals surface area contributed by atoms with Gasteiger partial charge < -0.3 is 15.5 Å². The molecule has 3 aliphatic rings. The molecule has 2 saturated heterocycles. The van der Waals surface area contributed by atoms with E-state index in [1.165, 1.54) is 0 Å². The second kappa shape index (κ2) is 13.3. The Balaban J connectivity index is 0.872. The van der Waals surface area contributed by atoms with Crippen molar-refractivity contribution in [3.63, 3.8) is 0 Å². The molecule has 47 heavy (non-hydrogen) atoms. The number of aromatic nitrogens is 4. The molecule has 242 valence electrons. The Morgan fingerprint density at radius 1 is 0.915 bits per heavy atom. The maximum Gasteiger partial charge on any atom is 0.262 e. The lowest BCUT2D eigenvalue weighted by Crippen LogP contribution is -2.54. The highest BCUT2D eigenvalue weighted by Crippen LogP contribution is 2.30. The van der Waals surface area contributed by atoms with Gasteiger partial charge in [-0.25, -0.2) is 4.98 Å². The van der Waals surface area contributed by atoms with Crippen molar-refractivity contribution in [1.82, 2.24) is 35.3 Å². The molecule has 3 aliphatic heterocycles. The van der Waals surface area contributed by atoms with Gasteiger partial charge in [0, 0.05) is 63.1 Å². The van der Waals surface area contributed by atoms with Crippen LogP contribution < -0.4 is 20.9 Å². The monoisotopic (exact) mass is 635 g/mol. The molecule has 0 bridgehead atoms. The van der Waals surface area contributed by atoms with E-state index >= 15 is 0 Å². The number of aryl methyl sites for hydroxylation is 1. The molecule has 0 spiro atoms.